The summed E-state index contributed by atoms with van der Waals surface area (Å²) in [6.07, 6.45) is 0. The lowest BCUT2D eigenvalue weighted by molar-refractivity contribution is -0.275. The van der Waals surface area contributed by atoms with Crippen LogP contribution in [0.1, 0.15) is 0 Å². The van der Waals surface area contributed by atoms with Gasteiger partial charge in [0, 0.05) is 20.8 Å². The SMILES string of the molecule is COC1(OC)CN(CCO)C1. The molecule has 0 atom stereocenters. The third-order valence-electron chi connectivity index (χ3n) is 2.09. The van der Waals surface area contributed by atoms with Gasteiger partial charge in [-0.1, -0.05) is 0 Å². The third kappa shape index (κ3) is 1.70. The van der Waals surface area contributed by atoms with Crippen LogP contribution in [0.2, 0.25) is 0 Å². The molecule has 1 fully saturated rings. The van der Waals surface area contributed by atoms with Gasteiger partial charge in [-0.3, -0.25) is 4.90 Å². The molecule has 1 N–H and O–H groups in total. The van der Waals surface area contributed by atoms with Gasteiger partial charge in [0.15, 0.2) is 5.79 Å². The van der Waals surface area contributed by atoms with Crippen LogP contribution in [-0.2, 0) is 9.47 Å². The third-order valence-corrected chi connectivity index (χ3v) is 2.09. The maximum Gasteiger partial charge on any atom is 0.193 e. The fourth-order valence-corrected chi connectivity index (χ4v) is 1.28. The monoisotopic (exact) mass is 161 g/mol. The summed E-state index contributed by atoms with van der Waals surface area (Å²) in [4.78, 5) is 2.08. The van der Waals surface area contributed by atoms with E-state index in [2.05, 4.69) is 4.90 Å². The molecule has 66 valence electrons. The zero-order valence-electron chi connectivity index (χ0n) is 7.04. The molecule has 4 nitrogen and oxygen atoms in total. The molecule has 0 aromatic rings. The van der Waals surface area contributed by atoms with Crippen LogP contribution < -0.4 is 0 Å². The molecule has 1 aliphatic heterocycles. The first-order valence-corrected chi connectivity index (χ1v) is 3.70. The number of rotatable bonds is 4. The number of hydrogen-bond acceptors (Lipinski definition) is 4. The normalized spacial score (nSPS) is 23.2. The van der Waals surface area contributed by atoms with Gasteiger partial charge in [-0.25, -0.2) is 0 Å². The molecule has 0 amide bonds. The number of β-amino-alcohol motifs (C(OH)–C–C–N with tert-alkyl or cyclic N) is 1. The van der Waals surface area contributed by atoms with E-state index in [1.807, 2.05) is 0 Å². The van der Waals surface area contributed by atoms with Crippen LogP contribution in [0.3, 0.4) is 0 Å². The first-order chi connectivity index (χ1) is 5.26. The van der Waals surface area contributed by atoms with E-state index in [1.54, 1.807) is 14.2 Å². The Balaban J connectivity index is 2.24. The van der Waals surface area contributed by atoms with Gasteiger partial charge in [0.1, 0.15) is 0 Å². The number of aliphatic hydroxyl groups excluding tert-OH is 1. The zero-order chi connectivity index (χ0) is 8.32. The highest BCUT2D eigenvalue weighted by atomic mass is 16.7. The number of methoxy groups -OCH3 is 2. The summed E-state index contributed by atoms with van der Waals surface area (Å²) in [5.74, 6) is -0.408. The highest BCUT2D eigenvalue weighted by Crippen LogP contribution is 2.24. The molecule has 0 aromatic heterocycles. The summed E-state index contributed by atoms with van der Waals surface area (Å²) in [7, 11) is 3.28. The number of nitrogens with zero attached hydrogens (tertiary/aromatic N) is 1. The van der Waals surface area contributed by atoms with Crippen molar-refractivity contribution >= 4 is 0 Å². The van der Waals surface area contributed by atoms with Crippen LogP contribution in [0.4, 0.5) is 0 Å². The van der Waals surface area contributed by atoms with Gasteiger partial charge in [-0.15, -0.1) is 0 Å². The van der Waals surface area contributed by atoms with Crippen molar-refractivity contribution in [2.75, 3.05) is 40.5 Å². The summed E-state index contributed by atoms with van der Waals surface area (Å²) in [5, 5.41) is 8.59. The number of hydrogen-bond donors (Lipinski definition) is 1. The Kier molecular flexibility index (Phi) is 2.84. The van der Waals surface area contributed by atoms with E-state index < -0.39 is 5.79 Å². The molecule has 0 radical (unpaired) electrons. The highest BCUT2D eigenvalue weighted by Gasteiger charge is 2.43. The Bertz CT molecular complexity index is 117. The van der Waals surface area contributed by atoms with Gasteiger partial charge < -0.3 is 14.6 Å². The van der Waals surface area contributed by atoms with E-state index in [-0.39, 0.29) is 6.61 Å². The summed E-state index contributed by atoms with van der Waals surface area (Å²) >= 11 is 0. The van der Waals surface area contributed by atoms with Crippen LogP contribution >= 0.6 is 0 Å². The van der Waals surface area contributed by atoms with Crippen molar-refractivity contribution in [1.82, 2.24) is 4.90 Å². The maximum absolute atomic E-state index is 8.59. The van der Waals surface area contributed by atoms with Crippen LogP contribution in [0.15, 0.2) is 0 Å². The van der Waals surface area contributed by atoms with Crippen LogP contribution in [0.25, 0.3) is 0 Å². The van der Waals surface area contributed by atoms with Crippen molar-refractivity contribution in [3.8, 4) is 0 Å². The lowest BCUT2D eigenvalue weighted by atomic mass is 10.1. The lowest BCUT2D eigenvalue weighted by Crippen LogP contribution is -2.64. The van der Waals surface area contributed by atoms with Gasteiger partial charge in [-0.2, -0.15) is 0 Å². The minimum absolute atomic E-state index is 0.198. The van der Waals surface area contributed by atoms with Gasteiger partial charge in [0.2, 0.25) is 0 Å². The Hall–Kier alpha value is -0.160. The average Bonchev–Trinajstić information content (AvgIpc) is 1.96. The average molecular weight is 161 g/mol. The summed E-state index contributed by atoms with van der Waals surface area (Å²) in [6.45, 7) is 2.40. The highest BCUT2D eigenvalue weighted by molar-refractivity contribution is 4.88. The lowest BCUT2D eigenvalue weighted by Gasteiger charge is -2.47. The fraction of sp³-hybridized carbons (Fsp3) is 1.00. The second kappa shape index (κ2) is 3.49. The first kappa shape index (κ1) is 8.93. The van der Waals surface area contributed by atoms with Crippen LogP contribution in [-0.4, -0.2) is 56.3 Å². The van der Waals surface area contributed by atoms with Crippen molar-refractivity contribution in [3.05, 3.63) is 0 Å². The minimum Gasteiger partial charge on any atom is -0.395 e. The molecule has 0 aliphatic carbocycles. The fourth-order valence-electron chi connectivity index (χ4n) is 1.28. The number of aliphatic hydroxyl groups is 1. The van der Waals surface area contributed by atoms with Crippen LogP contribution in [0.5, 0.6) is 0 Å². The van der Waals surface area contributed by atoms with E-state index in [4.69, 9.17) is 14.6 Å². The number of ether oxygens (including phenoxy) is 2. The van der Waals surface area contributed by atoms with E-state index in [1.165, 1.54) is 0 Å². The molecule has 1 aliphatic rings. The molecule has 0 unspecified atom stereocenters. The molecule has 0 bridgehead atoms. The Morgan fingerprint density at radius 3 is 2.27 bits per heavy atom. The second-order valence-electron chi connectivity index (χ2n) is 2.75. The molecule has 1 saturated heterocycles. The Morgan fingerprint density at radius 1 is 1.36 bits per heavy atom. The van der Waals surface area contributed by atoms with Gasteiger partial charge in [-0.05, 0) is 0 Å². The van der Waals surface area contributed by atoms with Crippen molar-refractivity contribution in [1.29, 1.82) is 0 Å². The van der Waals surface area contributed by atoms with Crippen molar-refractivity contribution in [3.63, 3.8) is 0 Å². The molecule has 4 heteroatoms. The predicted octanol–water partition coefficient (Wildman–Crippen LogP) is -0.717. The molecule has 11 heavy (non-hydrogen) atoms. The zero-order valence-corrected chi connectivity index (χ0v) is 7.04. The van der Waals surface area contributed by atoms with Gasteiger partial charge >= 0.3 is 0 Å². The molecule has 1 heterocycles. The van der Waals surface area contributed by atoms with Crippen molar-refractivity contribution in [2.24, 2.45) is 0 Å². The second-order valence-corrected chi connectivity index (χ2v) is 2.75. The van der Waals surface area contributed by atoms with Crippen LogP contribution in [0, 0.1) is 0 Å². The first-order valence-electron chi connectivity index (χ1n) is 3.70. The van der Waals surface area contributed by atoms with E-state index in [9.17, 15) is 0 Å². The standard InChI is InChI=1S/C7H15NO3/c1-10-7(11-2)5-8(6-7)3-4-9/h9H,3-6H2,1-2H3. The van der Waals surface area contributed by atoms with E-state index >= 15 is 0 Å². The Morgan fingerprint density at radius 2 is 1.91 bits per heavy atom. The molecule has 0 saturated carbocycles. The maximum atomic E-state index is 8.59. The van der Waals surface area contributed by atoms with E-state index in [0.717, 1.165) is 13.1 Å². The quantitative estimate of drug-likeness (QED) is 0.553. The molecular formula is C7H15NO3. The Labute approximate surface area is 66.7 Å². The van der Waals surface area contributed by atoms with Gasteiger partial charge in [0.05, 0.1) is 19.7 Å². The summed E-state index contributed by atoms with van der Waals surface area (Å²) < 4.78 is 10.3. The molecule has 0 aromatic carbocycles. The van der Waals surface area contributed by atoms with Gasteiger partial charge in [0.25, 0.3) is 0 Å². The molecule has 1 rings (SSSR count). The largest absolute Gasteiger partial charge is 0.395 e. The predicted molar refractivity (Wildman–Crippen MR) is 40.3 cm³/mol. The molecule has 0 spiro atoms. The number of likely N-dealkylation sites (tertiary alicyclic amines) is 1. The van der Waals surface area contributed by atoms with E-state index in [0.29, 0.717) is 6.54 Å². The van der Waals surface area contributed by atoms with Crippen molar-refractivity contribution in [2.45, 2.75) is 5.79 Å². The topological polar surface area (TPSA) is 41.9 Å². The van der Waals surface area contributed by atoms with Crippen molar-refractivity contribution < 1.29 is 14.6 Å². The summed E-state index contributed by atoms with van der Waals surface area (Å²) in [5.41, 5.74) is 0. The minimum atomic E-state index is -0.408. The molecular weight excluding hydrogens is 146 g/mol. The summed E-state index contributed by atoms with van der Waals surface area (Å²) in [6, 6.07) is 0. The smallest absolute Gasteiger partial charge is 0.193 e.